The van der Waals surface area contributed by atoms with E-state index in [-0.39, 0.29) is 22.8 Å². The molecule has 2 nitrogen and oxygen atoms in total. The van der Waals surface area contributed by atoms with Crippen LogP contribution in [-0.4, -0.2) is 12.4 Å². The van der Waals surface area contributed by atoms with E-state index in [2.05, 4.69) is 10.3 Å². The van der Waals surface area contributed by atoms with Crippen LogP contribution >= 0.6 is 11.6 Å². The summed E-state index contributed by atoms with van der Waals surface area (Å²) >= 11 is 5.69. The van der Waals surface area contributed by atoms with Crippen LogP contribution in [0, 0.1) is 5.82 Å². The highest BCUT2D eigenvalue weighted by molar-refractivity contribution is 6.30. The molecular formula is C12H14BrClFN2-. The van der Waals surface area contributed by atoms with Gasteiger partial charge in [0.05, 0.1) is 5.69 Å². The molecule has 0 aliphatic carbocycles. The lowest BCUT2D eigenvalue weighted by Gasteiger charge is -2.09. The number of nitrogens with zero attached hydrogens (tertiary/aromatic N) is 1. The van der Waals surface area contributed by atoms with Crippen molar-refractivity contribution in [3.05, 3.63) is 29.0 Å². The molecule has 0 amide bonds. The van der Waals surface area contributed by atoms with E-state index < -0.39 is 0 Å². The van der Waals surface area contributed by atoms with Crippen molar-refractivity contribution in [2.45, 2.75) is 25.7 Å². The Morgan fingerprint density at radius 1 is 1.24 bits per heavy atom. The average molecular weight is 321 g/mol. The molecule has 0 radical (unpaired) electrons. The number of halogens is 3. The number of aliphatic imine (C=N–C) groups is 1. The lowest BCUT2D eigenvalue weighted by atomic mass is 10.2. The van der Waals surface area contributed by atoms with Crippen LogP contribution in [0.5, 0.6) is 0 Å². The van der Waals surface area contributed by atoms with E-state index in [1.54, 1.807) is 12.1 Å². The van der Waals surface area contributed by atoms with E-state index in [0.717, 1.165) is 31.6 Å². The van der Waals surface area contributed by atoms with Crippen LogP contribution in [0.2, 0.25) is 5.02 Å². The van der Waals surface area contributed by atoms with Gasteiger partial charge in [0.1, 0.15) is 11.7 Å². The van der Waals surface area contributed by atoms with Crippen LogP contribution in [0.4, 0.5) is 10.1 Å². The van der Waals surface area contributed by atoms with E-state index >= 15 is 0 Å². The first-order valence-corrected chi connectivity index (χ1v) is 5.89. The van der Waals surface area contributed by atoms with Crippen molar-refractivity contribution < 1.29 is 21.4 Å². The minimum absolute atomic E-state index is 0. The fourth-order valence-electron chi connectivity index (χ4n) is 1.72. The van der Waals surface area contributed by atoms with Crippen LogP contribution in [0.25, 0.3) is 0 Å². The molecule has 17 heavy (non-hydrogen) atoms. The molecular weight excluding hydrogens is 307 g/mol. The third-order valence-electron chi connectivity index (χ3n) is 2.58. The normalized spacial score (nSPS) is 15.5. The van der Waals surface area contributed by atoms with E-state index in [9.17, 15) is 4.39 Å². The smallest absolute Gasteiger partial charge is 0.148 e. The maximum Gasteiger partial charge on any atom is 0.148 e. The van der Waals surface area contributed by atoms with Gasteiger partial charge in [0, 0.05) is 18.0 Å². The molecule has 94 valence electrons. The Kier molecular flexibility index (Phi) is 5.92. The summed E-state index contributed by atoms with van der Waals surface area (Å²) in [5, 5.41) is 3.44. The predicted octanol–water partition coefficient (Wildman–Crippen LogP) is 0.867. The topological polar surface area (TPSA) is 24.4 Å². The Morgan fingerprint density at radius 2 is 2.06 bits per heavy atom. The lowest BCUT2D eigenvalue weighted by molar-refractivity contribution is -0.00000380. The van der Waals surface area contributed by atoms with E-state index in [1.165, 1.54) is 12.5 Å². The molecule has 0 saturated heterocycles. The van der Waals surface area contributed by atoms with Crippen LogP contribution < -0.4 is 22.3 Å². The first-order chi connectivity index (χ1) is 7.75. The monoisotopic (exact) mass is 319 g/mol. The van der Waals surface area contributed by atoms with Crippen molar-refractivity contribution in [2.75, 3.05) is 11.9 Å². The van der Waals surface area contributed by atoms with E-state index in [1.807, 2.05) is 0 Å². The molecule has 1 heterocycles. The highest BCUT2D eigenvalue weighted by Gasteiger charge is 2.07. The maximum absolute atomic E-state index is 13.5. The van der Waals surface area contributed by atoms with Gasteiger partial charge in [0.2, 0.25) is 0 Å². The molecule has 0 spiro atoms. The van der Waals surface area contributed by atoms with Gasteiger partial charge in [-0.05, 0) is 31.0 Å². The van der Waals surface area contributed by atoms with Crippen molar-refractivity contribution >= 4 is 23.1 Å². The minimum Gasteiger partial charge on any atom is -1.00 e. The minimum atomic E-state index is -0.334. The second-order valence-electron chi connectivity index (χ2n) is 3.89. The van der Waals surface area contributed by atoms with Gasteiger partial charge in [0.25, 0.3) is 0 Å². The van der Waals surface area contributed by atoms with Gasteiger partial charge in [0.15, 0.2) is 0 Å². The zero-order chi connectivity index (χ0) is 11.4. The summed E-state index contributed by atoms with van der Waals surface area (Å²) in [6.07, 6.45) is 4.31. The molecule has 0 bridgehead atoms. The SMILES string of the molecule is Fc1cc(Cl)ccc1NC1=NCCCCC1.[Br-]. The lowest BCUT2D eigenvalue weighted by Crippen LogP contribution is -3.00. The van der Waals surface area contributed by atoms with Crippen molar-refractivity contribution in [1.29, 1.82) is 0 Å². The molecule has 0 unspecified atom stereocenters. The Labute approximate surface area is 116 Å². The highest BCUT2D eigenvalue weighted by atomic mass is 79.9. The summed E-state index contributed by atoms with van der Waals surface area (Å²) in [6.45, 7) is 0.831. The van der Waals surface area contributed by atoms with Crippen LogP contribution in [0.3, 0.4) is 0 Å². The van der Waals surface area contributed by atoms with Crippen molar-refractivity contribution in [1.82, 2.24) is 0 Å². The molecule has 0 fully saturated rings. The average Bonchev–Trinajstić information content (AvgIpc) is 2.51. The zero-order valence-corrected chi connectivity index (χ0v) is 11.7. The number of anilines is 1. The number of hydrogen-bond donors (Lipinski definition) is 1. The summed E-state index contributed by atoms with van der Waals surface area (Å²) in [5.41, 5.74) is 0.449. The van der Waals surface area contributed by atoms with Gasteiger partial charge < -0.3 is 22.3 Å². The molecule has 1 N–H and O–H groups in total. The number of nitrogens with one attached hydrogen (secondary N) is 1. The molecule has 0 saturated carbocycles. The molecule has 0 atom stereocenters. The standard InChI is InChI=1S/C12H14ClFN2.BrH/c13-9-5-6-11(10(14)8-9)16-12-4-2-1-3-7-15-12;/h5-6,8H,1-4,7H2,(H,15,16);1H/p-1. The fourth-order valence-corrected chi connectivity index (χ4v) is 1.88. The van der Waals surface area contributed by atoms with Gasteiger partial charge in [-0.2, -0.15) is 0 Å². The third kappa shape index (κ3) is 4.28. The Hall–Kier alpha value is -0.610. The second kappa shape index (κ2) is 6.97. The van der Waals surface area contributed by atoms with Crippen LogP contribution in [0.15, 0.2) is 23.2 Å². The van der Waals surface area contributed by atoms with Gasteiger partial charge in [-0.1, -0.05) is 18.0 Å². The first-order valence-electron chi connectivity index (χ1n) is 5.51. The number of benzene rings is 1. The molecule has 0 aromatic heterocycles. The molecule has 2 rings (SSSR count). The number of hydrogen-bond acceptors (Lipinski definition) is 2. The van der Waals surface area contributed by atoms with Gasteiger partial charge in [-0.25, -0.2) is 4.39 Å². The summed E-state index contributed by atoms with van der Waals surface area (Å²) in [7, 11) is 0. The van der Waals surface area contributed by atoms with E-state index in [4.69, 9.17) is 11.6 Å². The summed E-state index contributed by atoms with van der Waals surface area (Å²) in [4.78, 5) is 4.39. The van der Waals surface area contributed by atoms with Gasteiger partial charge in [-0.15, -0.1) is 0 Å². The Bertz CT molecular complexity index is 409. The number of rotatable bonds is 1. The first kappa shape index (κ1) is 14.5. The summed E-state index contributed by atoms with van der Waals surface area (Å²) < 4.78 is 13.5. The Balaban J connectivity index is 0.00000144. The van der Waals surface area contributed by atoms with Crippen molar-refractivity contribution in [3.63, 3.8) is 0 Å². The zero-order valence-electron chi connectivity index (χ0n) is 9.35. The van der Waals surface area contributed by atoms with Crippen molar-refractivity contribution in [2.24, 2.45) is 4.99 Å². The highest BCUT2D eigenvalue weighted by Crippen LogP contribution is 2.20. The quantitative estimate of drug-likeness (QED) is 0.816. The van der Waals surface area contributed by atoms with Gasteiger partial charge in [-0.3, -0.25) is 4.99 Å². The summed E-state index contributed by atoms with van der Waals surface area (Å²) in [6, 6.07) is 4.62. The Morgan fingerprint density at radius 3 is 2.82 bits per heavy atom. The maximum atomic E-state index is 13.5. The van der Waals surface area contributed by atoms with E-state index in [0.29, 0.717) is 10.7 Å². The molecule has 1 aromatic carbocycles. The second-order valence-corrected chi connectivity index (χ2v) is 4.32. The largest absolute Gasteiger partial charge is 1.00 e. The molecule has 1 aromatic rings. The fraction of sp³-hybridized carbons (Fsp3) is 0.417. The molecule has 1 aliphatic heterocycles. The summed E-state index contributed by atoms with van der Waals surface area (Å²) in [5.74, 6) is 0.540. The van der Waals surface area contributed by atoms with Crippen LogP contribution in [0.1, 0.15) is 25.7 Å². The molecule has 1 aliphatic rings. The molecule has 5 heteroatoms. The third-order valence-corrected chi connectivity index (χ3v) is 2.82. The van der Waals surface area contributed by atoms with Crippen molar-refractivity contribution in [3.8, 4) is 0 Å². The number of amidine groups is 1. The van der Waals surface area contributed by atoms with Crippen LogP contribution in [-0.2, 0) is 0 Å². The van der Waals surface area contributed by atoms with Gasteiger partial charge >= 0.3 is 0 Å². The predicted molar refractivity (Wildman–Crippen MR) is 65.8 cm³/mol.